The zero-order chi connectivity index (χ0) is 13.7. The van der Waals surface area contributed by atoms with Crippen LogP contribution in [-0.2, 0) is 0 Å². The summed E-state index contributed by atoms with van der Waals surface area (Å²) in [5, 5.41) is 4.80. The van der Waals surface area contributed by atoms with Crippen molar-refractivity contribution < 1.29 is 0 Å². The van der Waals surface area contributed by atoms with Crippen LogP contribution in [0.2, 0.25) is 5.02 Å². The lowest BCUT2D eigenvalue weighted by Gasteiger charge is -2.31. The van der Waals surface area contributed by atoms with E-state index in [0.717, 1.165) is 24.3 Å². The molecule has 2 unspecified atom stereocenters. The molecule has 6 heteroatoms. The van der Waals surface area contributed by atoms with Crippen LogP contribution in [0.25, 0.3) is 0 Å². The molecule has 0 radical (unpaired) electrons. The van der Waals surface area contributed by atoms with E-state index in [9.17, 15) is 0 Å². The lowest BCUT2D eigenvalue weighted by atomic mass is 10.0. The van der Waals surface area contributed by atoms with Crippen molar-refractivity contribution in [1.29, 1.82) is 0 Å². The first-order valence-electron chi connectivity index (χ1n) is 6.56. The Morgan fingerprint density at radius 3 is 3.11 bits per heavy atom. The number of anilines is 1. The van der Waals surface area contributed by atoms with Gasteiger partial charge in [0.25, 0.3) is 0 Å². The van der Waals surface area contributed by atoms with Crippen molar-refractivity contribution in [2.45, 2.75) is 24.6 Å². The minimum Gasteiger partial charge on any atom is -0.383 e. The second-order valence-corrected chi connectivity index (χ2v) is 7.48. The van der Waals surface area contributed by atoms with Gasteiger partial charge in [0.1, 0.15) is 5.82 Å². The number of nitrogens with zero attached hydrogens (tertiary/aromatic N) is 1. The molecular weight excluding hydrogens is 298 g/mol. The van der Waals surface area contributed by atoms with Gasteiger partial charge in [-0.3, -0.25) is 0 Å². The van der Waals surface area contributed by atoms with Crippen LogP contribution in [0.1, 0.15) is 24.9 Å². The van der Waals surface area contributed by atoms with E-state index < -0.39 is 0 Å². The molecule has 1 saturated heterocycles. The first-order chi connectivity index (χ1) is 9.22. The summed E-state index contributed by atoms with van der Waals surface area (Å²) in [5.74, 6) is 4.19. The van der Waals surface area contributed by atoms with Crippen LogP contribution in [-0.4, -0.2) is 34.0 Å². The van der Waals surface area contributed by atoms with E-state index in [-0.39, 0.29) is 6.04 Å². The number of nitrogen functional groups attached to an aromatic ring is 1. The molecule has 19 heavy (non-hydrogen) atoms. The lowest BCUT2D eigenvalue weighted by molar-refractivity contribution is 0.530. The number of nitrogens with two attached hydrogens (primary N) is 1. The first kappa shape index (κ1) is 15.3. The van der Waals surface area contributed by atoms with Gasteiger partial charge in [-0.25, -0.2) is 4.98 Å². The summed E-state index contributed by atoms with van der Waals surface area (Å²) in [6.45, 7) is 3.16. The standard InChI is InChI=1S/C13H20ClN3S2/c1-2-3-16-12(11-8-18-4-5-19-11)10-6-9(14)7-17-13(10)15/h6-7,11-12,16H,2-5,8H2,1H3,(H2,15,17). The van der Waals surface area contributed by atoms with E-state index >= 15 is 0 Å². The van der Waals surface area contributed by atoms with Crippen LogP contribution in [0.3, 0.4) is 0 Å². The van der Waals surface area contributed by atoms with Gasteiger partial charge in [0.05, 0.1) is 5.02 Å². The molecule has 3 N–H and O–H groups in total. The van der Waals surface area contributed by atoms with Crippen molar-refractivity contribution in [2.75, 3.05) is 29.5 Å². The minimum atomic E-state index is 0.240. The maximum Gasteiger partial charge on any atom is 0.128 e. The van der Waals surface area contributed by atoms with E-state index in [1.807, 2.05) is 29.6 Å². The Morgan fingerprint density at radius 1 is 1.58 bits per heavy atom. The van der Waals surface area contributed by atoms with Gasteiger partial charge in [-0.15, -0.1) is 0 Å². The summed E-state index contributed by atoms with van der Waals surface area (Å²) < 4.78 is 0. The zero-order valence-electron chi connectivity index (χ0n) is 11.1. The Hall–Kier alpha value is -0.100. The van der Waals surface area contributed by atoms with E-state index in [1.54, 1.807) is 6.20 Å². The van der Waals surface area contributed by atoms with E-state index in [1.165, 1.54) is 11.5 Å². The Labute approximate surface area is 128 Å². The van der Waals surface area contributed by atoms with Crippen molar-refractivity contribution >= 4 is 40.9 Å². The van der Waals surface area contributed by atoms with Gasteiger partial charge in [-0.05, 0) is 19.0 Å². The van der Waals surface area contributed by atoms with Crippen LogP contribution in [0.15, 0.2) is 12.3 Å². The van der Waals surface area contributed by atoms with E-state index in [0.29, 0.717) is 16.1 Å². The Balaban J connectivity index is 2.22. The van der Waals surface area contributed by atoms with E-state index in [2.05, 4.69) is 17.2 Å². The molecule has 0 spiro atoms. The van der Waals surface area contributed by atoms with Gasteiger partial charge >= 0.3 is 0 Å². The summed E-state index contributed by atoms with van der Waals surface area (Å²) in [4.78, 5) is 4.19. The maximum atomic E-state index is 6.08. The average molecular weight is 318 g/mol. The van der Waals surface area contributed by atoms with Crippen LogP contribution >= 0.6 is 35.1 Å². The topological polar surface area (TPSA) is 50.9 Å². The molecule has 0 saturated carbocycles. The number of nitrogens with one attached hydrogen (secondary N) is 1. The molecule has 2 atom stereocenters. The number of thioether (sulfide) groups is 2. The molecule has 1 aromatic heterocycles. The monoisotopic (exact) mass is 317 g/mol. The second-order valence-electron chi connectivity index (χ2n) is 4.54. The fraction of sp³-hybridized carbons (Fsp3) is 0.615. The molecule has 1 fully saturated rings. The molecule has 2 rings (SSSR count). The second kappa shape index (κ2) is 7.62. The fourth-order valence-corrected chi connectivity index (χ4v) is 5.18. The predicted molar refractivity (Wildman–Crippen MR) is 88.3 cm³/mol. The summed E-state index contributed by atoms with van der Waals surface area (Å²) in [7, 11) is 0. The summed E-state index contributed by atoms with van der Waals surface area (Å²) in [6, 6.07) is 2.20. The molecule has 3 nitrogen and oxygen atoms in total. The average Bonchev–Trinajstić information content (AvgIpc) is 2.44. The van der Waals surface area contributed by atoms with Gasteiger partial charge < -0.3 is 11.1 Å². The van der Waals surface area contributed by atoms with Crippen molar-refractivity contribution in [1.82, 2.24) is 10.3 Å². The number of rotatable bonds is 5. The SMILES string of the molecule is CCCNC(c1cc(Cl)cnc1N)C1CSCCS1. The molecule has 2 heterocycles. The highest BCUT2D eigenvalue weighted by atomic mass is 35.5. The summed E-state index contributed by atoms with van der Waals surface area (Å²) in [6.07, 6.45) is 2.72. The number of hydrogen-bond donors (Lipinski definition) is 2. The number of halogens is 1. The number of pyridine rings is 1. The first-order valence-corrected chi connectivity index (χ1v) is 9.14. The molecule has 0 amide bonds. The van der Waals surface area contributed by atoms with Crippen LogP contribution < -0.4 is 11.1 Å². The largest absolute Gasteiger partial charge is 0.383 e. The molecule has 1 aliphatic rings. The number of hydrogen-bond acceptors (Lipinski definition) is 5. The zero-order valence-corrected chi connectivity index (χ0v) is 13.5. The van der Waals surface area contributed by atoms with Gasteiger partial charge in [-0.1, -0.05) is 18.5 Å². The van der Waals surface area contributed by atoms with Crippen molar-refractivity contribution in [3.8, 4) is 0 Å². The number of aromatic nitrogens is 1. The maximum absolute atomic E-state index is 6.08. The quantitative estimate of drug-likeness (QED) is 0.873. The molecule has 1 aliphatic heterocycles. The van der Waals surface area contributed by atoms with Gasteiger partial charge in [0.2, 0.25) is 0 Å². The van der Waals surface area contributed by atoms with Crippen molar-refractivity contribution in [2.24, 2.45) is 0 Å². The fourth-order valence-electron chi connectivity index (χ4n) is 2.15. The Kier molecular flexibility index (Phi) is 6.13. The smallest absolute Gasteiger partial charge is 0.128 e. The van der Waals surface area contributed by atoms with E-state index in [4.69, 9.17) is 17.3 Å². The van der Waals surface area contributed by atoms with Gasteiger partial charge in [-0.2, -0.15) is 23.5 Å². The highest BCUT2D eigenvalue weighted by molar-refractivity contribution is 8.06. The summed E-state index contributed by atoms with van der Waals surface area (Å²) >= 11 is 10.1. The molecule has 0 aromatic carbocycles. The molecule has 0 bridgehead atoms. The Bertz CT molecular complexity index is 411. The van der Waals surface area contributed by atoms with Crippen molar-refractivity contribution in [3.05, 3.63) is 22.8 Å². The summed E-state index contributed by atoms with van der Waals surface area (Å²) in [5.41, 5.74) is 7.09. The van der Waals surface area contributed by atoms with Crippen LogP contribution in [0.5, 0.6) is 0 Å². The third-order valence-electron chi connectivity index (χ3n) is 3.08. The minimum absolute atomic E-state index is 0.240. The van der Waals surface area contributed by atoms with Gasteiger partial charge in [0, 0.05) is 40.3 Å². The van der Waals surface area contributed by atoms with Crippen LogP contribution in [0.4, 0.5) is 5.82 Å². The Morgan fingerprint density at radius 2 is 2.42 bits per heavy atom. The molecule has 0 aliphatic carbocycles. The lowest BCUT2D eigenvalue weighted by Crippen LogP contribution is -2.34. The molecular formula is C13H20ClN3S2. The van der Waals surface area contributed by atoms with Crippen LogP contribution in [0, 0.1) is 0 Å². The third kappa shape index (κ3) is 4.18. The normalized spacial score (nSPS) is 21.3. The predicted octanol–water partition coefficient (Wildman–Crippen LogP) is 3.21. The van der Waals surface area contributed by atoms with Gasteiger partial charge in [0.15, 0.2) is 0 Å². The highest BCUT2D eigenvalue weighted by Gasteiger charge is 2.27. The third-order valence-corrected chi connectivity index (χ3v) is 6.15. The highest BCUT2D eigenvalue weighted by Crippen LogP contribution is 2.35. The molecule has 106 valence electrons. The molecule has 1 aromatic rings. The van der Waals surface area contributed by atoms with Crippen molar-refractivity contribution in [3.63, 3.8) is 0 Å².